The second-order valence-electron chi connectivity index (χ2n) is 3.36. The van der Waals surface area contributed by atoms with E-state index in [4.69, 9.17) is 0 Å². The Morgan fingerprint density at radius 3 is 2.86 bits per heavy atom. The van der Waals surface area contributed by atoms with Gasteiger partial charge in [0.1, 0.15) is 0 Å². The second kappa shape index (κ2) is 4.51. The quantitative estimate of drug-likeness (QED) is 0.763. The van der Waals surface area contributed by atoms with E-state index >= 15 is 0 Å². The predicted octanol–water partition coefficient (Wildman–Crippen LogP) is 1.98. The first-order valence-corrected chi connectivity index (χ1v) is 5.94. The highest BCUT2D eigenvalue weighted by molar-refractivity contribution is 7.99. The summed E-state index contributed by atoms with van der Waals surface area (Å²) in [7, 11) is 0. The van der Waals surface area contributed by atoms with E-state index in [1.165, 1.54) is 5.56 Å². The summed E-state index contributed by atoms with van der Waals surface area (Å²) >= 11 is 1.84. The fourth-order valence-corrected chi connectivity index (χ4v) is 2.55. The molecule has 0 saturated carbocycles. The lowest BCUT2D eigenvalue weighted by atomic mass is 10.1. The molecular weight excluding hydrogens is 194 g/mol. The average molecular weight is 207 g/mol. The third-order valence-electron chi connectivity index (χ3n) is 2.30. The maximum absolute atomic E-state index is 11.3. The Morgan fingerprint density at radius 1 is 1.29 bits per heavy atom. The highest BCUT2D eigenvalue weighted by atomic mass is 32.2. The van der Waals surface area contributed by atoms with Crippen molar-refractivity contribution in [3.05, 3.63) is 35.9 Å². The Hall–Kier alpha value is -0.960. The lowest BCUT2D eigenvalue weighted by Crippen LogP contribution is -2.27. The van der Waals surface area contributed by atoms with Gasteiger partial charge in [-0.3, -0.25) is 4.79 Å². The Morgan fingerprint density at radius 2 is 2.07 bits per heavy atom. The molecule has 3 heteroatoms. The van der Waals surface area contributed by atoms with Gasteiger partial charge in [0.2, 0.25) is 5.91 Å². The number of carbonyl (C=O) groups is 1. The molecule has 1 heterocycles. The first-order chi connectivity index (χ1) is 6.86. The molecule has 1 aliphatic heterocycles. The molecular formula is C11H13NOS. The van der Waals surface area contributed by atoms with Crippen molar-refractivity contribution in [3.63, 3.8) is 0 Å². The Kier molecular flexibility index (Phi) is 3.09. The number of rotatable bonds is 1. The minimum absolute atomic E-state index is 0.170. The molecule has 74 valence electrons. The van der Waals surface area contributed by atoms with Crippen molar-refractivity contribution in [1.29, 1.82) is 0 Å². The molecule has 0 aromatic heterocycles. The number of hydrogen-bond acceptors (Lipinski definition) is 2. The van der Waals surface area contributed by atoms with E-state index in [0.717, 1.165) is 11.5 Å². The summed E-state index contributed by atoms with van der Waals surface area (Å²) in [4.78, 5) is 11.3. The zero-order valence-corrected chi connectivity index (χ0v) is 8.72. The van der Waals surface area contributed by atoms with Crippen molar-refractivity contribution >= 4 is 17.7 Å². The van der Waals surface area contributed by atoms with Crippen LogP contribution in [-0.4, -0.2) is 17.4 Å². The number of amides is 1. The van der Waals surface area contributed by atoms with E-state index in [1.54, 1.807) is 0 Å². The van der Waals surface area contributed by atoms with Crippen LogP contribution in [0.1, 0.15) is 18.0 Å². The monoisotopic (exact) mass is 207 g/mol. The van der Waals surface area contributed by atoms with Gasteiger partial charge in [0.15, 0.2) is 0 Å². The standard InChI is InChI=1S/C11H13NOS/c13-11-6-7-14-8-10(12-11)9-4-2-1-3-5-9/h1-5,10H,6-8H2,(H,12,13). The van der Waals surface area contributed by atoms with E-state index in [1.807, 2.05) is 30.0 Å². The van der Waals surface area contributed by atoms with Crippen molar-refractivity contribution in [2.45, 2.75) is 12.5 Å². The lowest BCUT2D eigenvalue weighted by molar-refractivity contribution is -0.121. The fraction of sp³-hybridized carbons (Fsp3) is 0.364. The molecule has 2 nitrogen and oxygen atoms in total. The van der Waals surface area contributed by atoms with Crippen LogP contribution in [0.4, 0.5) is 0 Å². The van der Waals surface area contributed by atoms with E-state index in [2.05, 4.69) is 17.4 Å². The van der Waals surface area contributed by atoms with Gasteiger partial charge in [-0.1, -0.05) is 30.3 Å². The van der Waals surface area contributed by atoms with Crippen molar-refractivity contribution in [2.24, 2.45) is 0 Å². The molecule has 0 bridgehead atoms. The zero-order chi connectivity index (χ0) is 9.80. The number of nitrogens with one attached hydrogen (secondary N) is 1. The van der Waals surface area contributed by atoms with Gasteiger partial charge in [0, 0.05) is 17.9 Å². The highest BCUT2D eigenvalue weighted by Crippen LogP contribution is 2.21. The van der Waals surface area contributed by atoms with Crippen LogP contribution < -0.4 is 5.32 Å². The smallest absolute Gasteiger partial charge is 0.221 e. The molecule has 1 aliphatic rings. The number of carbonyl (C=O) groups excluding carboxylic acids is 1. The summed E-state index contributed by atoms with van der Waals surface area (Å²) in [6.45, 7) is 0. The third kappa shape index (κ3) is 2.29. The molecule has 1 aromatic rings. The minimum atomic E-state index is 0.170. The molecule has 0 aliphatic carbocycles. The summed E-state index contributed by atoms with van der Waals surface area (Å²) in [5.74, 6) is 2.09. The topological polar surface area (TPSA) is 29.1 Å². The summed E-state index contributed by atoms with van der Waals surface area (Å²) < 4.78 is 0. The maximum Gasteiger partial charge on any atom is 0.221 e. The van der Waals surface area contributed by atoms with Gasteiger partial charge in [-0.15, -0.1) is 0 Å². The van der Waals surface area contributed by atoms with Crippen LogP contribution in [0.2, 0.25) is 0 Å². The van der Waals surface area contributed by atoms with Crippen molar-refractivity contribution in [1.82, 2.24) is 5.32 Å². The summed E-state index contributed by atoms with van der Waals surface area (Å²) in [6, 6.07) is 10.3. The zero-order valence-electron chi connectivity index (χ0n) is 7.90. The van der Waals surface area contributed by atoms with Gasteiger partial charge in [-0.2, -0.15) is 11.8 Å². The van der Waals surface area contributed by atoms with Gasteiger partial charge in [-0.25, -0.2) is 0 Å². The molecule has 1 saturated heterocycles. The summed E-state index contributed by atoms with van der Waals surface area (Å²) in [6.07, 6.45) is 0.647. The van der Waals surface area contributed by atoms with Gasteiger partial charge < -0.3 is 5.32 Å². The van der Waals surface area contributed by atoms with Crippen LogP contribution in [-0.2, 0) is 4.79 Å². The van der Waals surface area contributed by atoms with Crippen molar-refractivity contribution < 1.29 is 4.79 Å². The lowest BCUT2D eigenvalue weighted by Gasteiger charge is -2.15. The number of hydrogen-bond donors (Lipinski definition) is 1. The minimum Gasteiger partial charge on any atom is -0.348 e. The first-order valence-electron chi connectivity index (χ1n) is 4.78. The normalized spacial score (nSPS) is 22.6. The molecule has 14 heavy (non-hydrogen) atoms. The summed E-state index contributed by atoms with van der Waals surface area (Å²) in [5, 5.41) is 3.04. The first kappa shape index (κ1) is 9.59. The second-order valence-corrected chi connectivity index (χ2v) is 4.51. The predicted molar refractivity (Wildman–Crippen MR) is 59.3 cm³/mol. The van der Waals surface area contributed by atoms with Gasteiger partial charge in [0.05, 0.1) is 6.04 Å². The number of benzene rings is 1. The van der Waals surface area contributed by atoms with Gasteiger partial charge in [-0.05, 0) is 5.56 Å². The van der Waals surface area contributed by atoms with Crippen LogP contribution in [0, 0.1) is 0 Å². The van der Waals surface area contributed by atoms with Crippen LogP contribution >= 0.6 is 11.8 Å². The van der Waals surface area contributed by atoms with Gasteiger partial charge in [0.25, 0.3) is 0 Å². The van der Waals surface area contributed by atoms with Gasteiger partial charge >= 0.3 is 0 Å². The molecule has 1 unspecified atom stereocenters. The highest BCUT2D eigenvalue weighted by Gasteiger charge is 2.17. The Balaban J connectivity index is 2.13. The average Bonchev–Trinajstić information content (AvgIpc) is 2.44. The van der Waals surface area contributed by atoms with Crippen molar-refractivity contribution in [2.75, 3.05) is 11.5 Å². The molecule has 1 N–H and O–H groups in total. The Labute approximate surface area is 88.1 Å². The molecule has 0 spiro atoms. The number of thioether (sulfide) groups is 1. The van der Waals surface area contributed by atoms with Crippen molar-refractivity contribution in [3.8, 4) is 0 Å². The third-order valence-corrected chi connectivity index (χ3v) is 3.36. The molecule has 2 rings (SSSR count). The van der Waals surface area contributed by atoms with Crippen LogP contribution in [0.5, 0.6) is 0 Å². The Bertz CT molecular complexity index is 312. The van der Waals surface area contributed by atoms with E-state index < -0.39 is 0 Å². The van der Waals surface area contributed by atoms with Crippen LogP contribution in [0.3, 0.4) is 0 Å². The maximum atomic E-state index is 11.3. The molecule has 1 amide bonds. The molecule has 0 radical (unpaired) electrons. The molecule has 1 fully saturated rings. The SMILES string of the molecule is O=C1CCSCC(c2ccccc2)N1. The van der Waals surface area contributed by atoms with Crippen LogP contribution in [0.15, 0.2) is 30.3 Å². The largest absolute Gasteiger partial charge is 0.348 e. The fourth-order valence-electron chi connectivity index (χ4n) is 1.54. The summed E-state index contributed by atoms with van der Waals surface area (Å²) in [5.41, 5.74) is 1.20. The van der Waals surface area contributed by atoms with Crippen LogP contribution in [0.25, 0.3) is 0 Å². The van der Waals surface area contributed by atoms with E-state index in [-0.39, 0.29) is 11.9 Å². The van der Waals surface area contributed by atoms with E-state index in [9.17, 15) is 4.79 Å². The molecule has 1 aromatic carbocycles. The van der Waals surface area contributed by atoms with E-state index in [0.29, 0.717) is 6.42 Å². The molecule has 1 atom stereocenters.